The predicted octanol–water partition coefficient (Wildman–Crippen LogP) is 2.16. The number of anilines is 4. The number of fused-ring (bicyclic) bond motifs is 1. The zero-order valence-corrected chi connectivity index (χ0v) is 13.3. The van der Waals surface area contributed by atoms with E-state index < -0.39 is 0 Å². The molecule has 0 fully saturated rings. The van der Waals surface area contributed by atoms with Gasteiger partial charge in [-0.25, -0.2) is 4.98 Å². The standard InChI is InChI=1S/C15H15N7S/c1-8-18-11(7-23-8)9-2-3-12-10(6-9)4-5-22(12)15-20-13(16)19-14(17)21-15/h2-3,6-7H,4-5H2,1H3,(H4,16,17,19,20,21). The first-order chi connectivity index (χ1) is 11.1. The summed E-state index contributed by atoms with van der Waals surface area (Å²) in [6.45, 7) is 2.80. The zero-order chi connectivity index (χ0) is 16.0. The minimum Gasteiger partial charge on any atom is -0.368 e. The molecule has 0 saturated heterocycles. The van der Waals surface area contributed by atoms with E-state index in [4.69, 9.17) is 11.5 Å². The third kappa shape index (κ3) is 2.46. The Balaban J connectivity index is 1.72. The van der Waals surface area contributed by atoms with Crippen molar-refractivity contribution in [3.8, 4) is 11.3 Å². The maximum atomic E-state index is 5.67. The smallest absolute Gasteiger partial charge is 0.236 e. The van der Waals surface area contributed by atoms with E-state index in [0.717, 1.165) is 34.9 Å². The van der Waals surface area contributed by atoms with Crippen molar-refractivity contribution in [3.05, 3.63) is 34.2 Å². The molecule has 116 valence electrons. The molecule has 7 nitrogen and oxygen atoms in total. The Bertz CT molecular complexity index is 869. The Labute approximate surface area is 137 Å². The lowest BCUT2D eigenvalue weighted by atomic mass is 10.1. The molecule has 4 rings (SSSR count). The van der Waals surface area contributed by atoms with Gasteiger partial charge in [-0.2, -0.15) is 15.0 Å². The molecule has 23 heavy (non-hydrogen) atoms. The zero-order valence-electron chi connectivity index (χ0n) is 12.5. The number of nitrogens with two attached hydrogens (primary N) is 2. The van der Waals surface area contributed by atoms with Crippen molar-refractivity contribution < 1.29 is 0 Å². The summed E-state index contributed by atoms with van der Waals surface area (Å²) in [5.74, 6) is 0.761. The summed E-state index contributed by atoms with van der Waals surface area (Å²) in [4.78, 5) is 18.8. The van der Waals surface area contributed by atoms with Crippen LogP contribution in [0.1, 0.15) is 10.6 Å². The number of benzene rings is 1. The molecule has 1 aliphatic heterocycles. The molecule has 0 amide bonds. The number of nitrogens with zero attached hydrogens (tertiary/aromatic N) is 5. The largest absolute Gasteiger partial charge is 0.368 e. The van der Waals surface area contributed by atoms with Crippen molar-refractivity contribution >= 4 is 34.9 Å². The van der Waals surface area contributed by atoms with Crippen molar-refractivity contribution in [1.29, 1.82) is 0 Å². The van der Waals surface area contributed by atoms with Gasteiger partial charge < -0.3 is 16.4 Å². The Morgan fingerprint density at radius 1 is 1.09 bits per heavy atom. The maximum absolute atomic E-state index is 5.67. The SMILES string of the molecule is Cc1nc(-c2ccc3c(c2)CCN3c2nc(N)nc(N)n2)cs1. The number of thiazole rings is 1. The second-order valence-corrected chi connectivity index (χ2v) is 6.41. The number of hydrogen-bond acceptors (Lipinski definition) is 8. The first-order valence-electron chi connectivity index (χ1n) is 7.20. The lowest BCUT2D eigenvalue weighted by Gasteiger charge is -2.17. The highest BCUT2D eigenvalue weighted by Gasteiger charge is 2.24. The van der Waals surface area contributed by atoms with Gasteiger partial charge in [0, 0.05) is 23.2 Å². The van der Waals surface area contributed by atoms with E-state index in [1.807, 2.05) is 11.8 Å². The lowest BCUT2D eigenvalue weighted by Crippen LogP contribution is -2.18. The quantitative estimate of drug-likeness (QED) is 0.743. The van der Waals surface area contributed by atoms with Crippen LogP contribution in [0.2, 0.25) is 0 Å². The molecule has 0 aliphatic carbocycles. The van der Waals surface area contributed by atoms with Gasteiger partial charge in [0.2, 0.25) is 17.8 Å². The van der Waals surface area contributed by atoms with Gasteiger partial charge in [0.1, 0.15) is 0 Å². The molecular weight excluding hydrogens is 310 g/mol. The number of aromatic nitrogens is 4. The van der Waals surface area contributed by atoms with Gasteiger partial charge >= 0.3 is 0 Å². The fraction of sp³-hybridized carbons (Fsp3) is 0.200. The molecule has 1 aliphatic rings. The van der Waals surface area contributed by atoms with Crippen LogP contribution >= 0.6 is 11.3 Å². The van der Waals surface area contributed by atoms with Crippen LogP contribution < -0.4 is 16.4 Å². The van der Waals surface area contributed by atoms with Gasteiger partial charge in [0.15, 0.2) is 0 Å². The van der Waals surface area contributed by atoms with Crippen molar-refractivity contribution in [1.82, 2.24) is 19.9 Å². The average Bonchev–Trinajstić information content (AvgIpc) is 3.11. The van der Waals surface area contributed by atoms with Gasteiger partial charge in [-0.05, 0) is 31.0 Å². The third-order valence-electron chi connectivity index (χ3n) is 3.79. The van der Waals surface area contributed by atoms with Gasteiger partial charge in [0.05, 0.1) is 10.7 Å². The van der Waals surface area contributed by atoms with Crippen LogP contribution in [-0.4, -0.2) is 26.5 Å². The van der Waals surface area contributed by atoms with E-state index in [0.29, 0.717) is 5.95 Å². The van der Waals surface area contributed by atoms with Crippen molar-refractivity contribution in [2.75, 3.05) is 22.9 Å². The molecule has 0 radical (unpaired) electrons. The number of nitrogen functional groups attached to an aromatic ring is 2. The Kier molecular flexibility index (Phi) is 3.12. The van der Waals surface area contributed by atoms with E-state index in [1.54, 1.807) is 11.3 Å². The van der Waals surface area contributed by atoms with Crippen LogP contribution in [0.15, 0.2) is 23.6 Å². The molecular formula is C15H15N7S. The number of rotatable bonds is 2. The van der Waals surface area contributed by atoms with E-state index in [-0.39, 0.29) is 11.9 Å². The summed E-state index contributed by atoms with van der Waals surface area (Å²) in [6, 6.07) is 6.32. The third-order valence-corrected chi connectivity index (χ3v) is 4.56. The summed E-state index contributed by atoms with van der Waals surface area (Å²) in [5, 5.41) is 3.15. The molecule has 3 aromatic rings. The van der Waals surface area contributed by atoms with Crippen LogP contribution in [0.25, 0.3) is 11.3 Å². The summed E-state index contributed by atoms with van der Waals surface area (Å²) < 4.78 is 0. The highest BCUT2D eigenvalue weighted by molar-refractivity contribution is 7.09. The number of hydrogen-bond donors (Lipinski definition) is 2. The molecule has 0 bridgehead atoms. The van der Waals surface area contributed by atoms with E-state index >= 15 is 0 Å². The van der Waals surface area contributed by atoms with Crippen LogP contribution in [0, 0.1) is 6.92 Å². The summed E-state index contributed by atoms with van der Waals surface area (Å²) in [6.07, 6.45) is 0.914. The molecule has 3 heterocycles. The first-order valence-corrected chi connectivity index (χ1v) is 8.08. The molecule has 0 saturated carbocycles. The molecule has 0 atom stereocenters. The minimum atomic E-state index is 0.135. The van der Waals surface area contributed by atoms with Crippen LogP contribution in [0.3, 0.4) is 0 Å². The summed E-state index contributed by atoms with van der Waals surface area (Å²) in [5.41, 5.74) is 15.8. The summed E-state index contributed by atoms with van der Waals surface area (Å²) in [7, 11) is 0. The normalized spacial score (nSPS) is 13.3. The Morgan fingerprint density at radius 2 is 1.87 bits per heavy atom. The second-order valence-electron chi connectivity index (χ2n) is 5.35. The predicted molar refractivity (Wildman–Crippen MR) is 91.6 cm³/mol. The van der Waals surface area contributed by atoms with Gasteiger partial charge in [0.25, 0.3) is 0 Å². The van der Waals surface area contributed by atoms with E-state index in [2.05, 4.69) is 43.5 Å². The topological polar surface area (TPSA) is 107 Å². The second kappa shape index (κ2) is 5.17. The Morgan fingerprint density at radius 3 is 2.57 bits per heavy atom. The van der Waals surface area contributed by atoms with Gasteiger partial charge in [-0.3, -0.25) is 0 Å². The lowest BCUT2D eigenvalue weighted by molar-refractivity contribution is 0.928. The monoisotopic (exact) mass is 325 g/mol. The summed E-state index contributed by atoms with van der Waals surface area (Å²) >= 11 is 1.66. The van der Waals surface area contributed by atoms with Gasteiger partial charge in [-0.15, -0.1) is 11.3 Å². The first kappa shape index (κ1) is 13.9. The molecule has 2 aromatic heterocycles. The highest BCUT2D eigenvalue weighted by Crippen LogP contribution is 2.36. The van der Waals surface area contributed by atoms with Crippen LogP contribution in [0.5, 0.6) is 0 Å². The van der Waals surface area contributed by atoms with Crippen LogP contribution in [0.4, 0.5) is 23.5 Å². The highest BCUT2D eigenvalue weighted by atomic mass is 32.1. The molecule has 8 heteroatoms. The van der Waals surface area contributed by atoms with Crippen molar-refractivity contribution in [2.24, 2.45) is 0 Å². The van der Waals surface area contributed by atoms with E-state index in [9.17, 15) is 0 Å². The molecule has 0 unspecified atom stereocenters. The number of aryl methyl sites for hydroxylation is 1. The molecule has 4 N–H and O–H groups in total. The maximum Gasteiger partial charge on any atom is 0.236 e. The average molecular weight is 325 g/mol. The van der Waals surface area contributed by atoms with Crippen molar-refractivity contribution in [2.45, 2.75) is 13.3 Å². The Hall–Kier alpha value is -2.74. The minimum absolute atomic E-state index is 0.135. The van der Waals surface area contributed by atoms with Crippen LogP contribution in [-0.2, 0) is 6.42 Å². The fourth-order valence-corrected chi connectivity index (χ4v) is 3.40. The molecule has 1 aromatic carbocycles. The van der Waals surface area contributed by atoms with Gasteiger partial charge in [-0.1, -0.05) is 6.07 Å². The molecule has 0 spiro atoms. The fourth-order valence-electron chi connectivity index (χ4n) is 2.78. The van der Waals surface area contributed by atoms with E-state index in [1.165, 1.54) is 5.56 Å². The van der Waals surface area contributed by atoms with Crippen molar-refractivity contribution in [3.63, 3.8) is 0 Å².